The number of benzene rings is 2. The molecule has 0 aliphatic carbocycles. The van der Waals surface area contributed by atoms with E-state index in [1.807, 2.05) is 38.1 Å². The lowest BCUT2D eigenvalue weighted by Crippen LogP contribution is -2.36. The van der Waals surface area contributed by atoms with E-state index in [4.69, 9.17) is 9.47 Å². The van der Waals surface area contributed by atoms with E-state index < -0.39 is 0 Å². The van der Waals surface area contributed by atoms with Crippen molar-refractivity contribution < 1.29 is 18.7 Å². The molecule has 0 radical (unpaired) electrons. The average Bonchev–Trinajstić information content (AvgIpc) is 3.13. The number of aryl methyl sites for hydroxylation is 2. The molecule has 2 N–H and O–H groups in total. The average molecular weight is 426 g/mol. The lowest BCUT2D eigenvalue weighted by Gasteiger charge is -2.29. The van der Waals surface area contributed by atoms with Crippen molar-refractivity contribution in [2.75, 3.05) is 44.4 Å². The third-order valence-corrected chi connectivity index (χ3v) is 5.69. The first-order valence-corrected chi connectivity index (χ1v) is 10.6. The van der Waals surface area contributed by atoms with Crippen molar-refractivity contribution in [3.05, 3.63) is 59.0 Å². The van der Waals surface area contributed by atoms with Gasteiger partial charge in [0.1, 0.15) is 11.6 Å². The fraction of sp³-hybridized carbons (Fsp3) is 0.375. The summed E-state index contributed by atoms with van der Waals surface area (Å²) in [6.45, 7) is 7.44. The molecule has 0 bridgehead atoms. The molecule has 6 nitrogen and oxygen atoms in total. The van der Waals surface area contributed by atoms with Gasteiger partial charge >= 0.3 is 0 Å². The van der Waals surface area contributed by atoms with Crippen molar-refractivity contribution in [3.63, 3.8) is 0 Å². The molecule has 3 aromatic rings. The number of nitrogens with zero attached hydrogens (tertiary/aromatic N) is 1. The highest BCUT2D eigenvalue weighted by Gasteiger charge is 2.15. The van der Waals surface area contributed by atoms with Gasteiger partial charge in [-0.1, -0.05) is 12.1 Å². The van der Waals surface area contributed by atoms with Gasteiger partial charge in [-0.05, 0) is 49.6 Å². The van der Waals surface area contributed by atoms with E-state index in [2.05, 4.69) is 15.2 Å². The molecule has 4 rings (SSSR count). The number of aromatic nitrogens is 1. The highest BCUT2D eigenvalue weighted by atomic mass is 19.1. The number of H-pyrrole nitrogens is 1. The van der Waals surface area contributed by atoms with Crippen molar-refractivity contribution in [3.8, 4) is 5.75 Å². The molecule has 7 heteroatoms. The Morgan fingerprint density at radius 3 is 2.84 bits per heavy atom. The van der Waals surface area contributed by atoms with Gasteiger partial charge in [-0.15, -0.1) is 0 Å². The van der Waals surface area contributed by atoms with E-state index in [1.54, 1.807) is 6.07 Å². The maximum atomic E-state index is 14.1. The summed E-state index contributed by atoms with van der Waals surface area (Å²) in [7, 11) is 0. The minimum Gasteiger partial charge on any atom is -0.484 e. The molecule has 2 aromatic carbocycles. The number of halogens is 1. The predicted molar refractivity (Wildman–Crippen MR) is 119 cm³/mol. The van der Waals surface area contributed by atoms with E-state index in [0.29, 0.717) is 24.2 Å². The van der Waals surface area contributed by atoms with Gasteiger partial charge in [0.25, 0.3) is 5.91 Å². The van der Waals surface area contributed by atoms with Crippen LogP contribution in [0, 0.1) is 19.7 Å². The summed E-state index contributed by atoms with van der Waals surface area (Å²) in [4.78, 5) is 17.6. The lowest BCUT2D eigenvalue weighted by atomic mass is 10.0. The highest BCUT2D eigenvalue weighted by Crippen LogP contribution is 2.28. The molecular formula is C24H28FN3O3. The molecule has 1 fully saturated rings. The van der Waals surface area contributed by atoms with E-state index in [9.17, 15) is 9.18 Å². The highest BCUT2D eigenvalue weighted by molar-refractivity contribution is 5.88. The van der Waals surface area contributed by atoms with Crippen LogP contribution in [0.2, 0.25) is 0 Å². The Balaban J connectivity index is 1.30. The number of carbonyl (C=O) groups is 1. The Kier molecular flexibility index (Phi) is 6.42. The number of nitrogens with one attached hydrogen (secondary N) is 2. The van der Waals surface area contributed by atoms with Crippen LogP contribution in [0.3, 0.4) is 0 Å². The van der Waals surface area contributed by atoms with E-state index in [0.717, 1.165) is 54.2 Å². The molecular weight excluding hydrogens is 397 g/mol. The second kappa shape index (κ2) is 9.39. The number of ether oxygens (including phenoxy) is 2. The molecule has 2 heterocycles. The third kappa shape index (κ3) is 4.82. The lowest BCUT2D eigenvalue weighted by molar-refractivity contribution is -0.123. The van der Waals surface area contributed by atoms with Crippen LogP contribution >= 0.6 is 0 Å². The summed E-state index contributed by atoms with van der Waals surface area (Å²) in [5, 5.41) is 3.80. The van der Waals surface area contributed by atoms with Gasteiger partial charge in [0.2, 0.25) is 0 Å². The normalized spacial score (nSPS) is 14.1. The maximum absolute atomic E-state index is 14.1. The zero-order valence-electron chi connectivity index (χ0n) is 18.0. The van der Waals surface area contributed by atoms with Crippen LogP contribution in [0.4, 0.5) is 10.1 Å². The van der Waals surface area contributed by atoms with Crippen LogP contribution in [0.1, 0.15) is 16.8 Å². The zero-order chi connectivity index (χ0) is 21.8. The first kappa shape index (κ1) is 21.2. The van der Waals surface area contributed by atoms with E-state index >= 15 is 0 Å². The molecule has 1 amide bonds. The van der Waals surface area contributed by atoms with Crippen LogP contribution in [0.5, 0.6) is 5.75 Å². The molecule has 1 aliphatic rings. The van der Waals surface area contributed by atoms with Gasteiger partial charge in [-0.3, -0.25) is 4.79 Å². The van der Waals surface area contributed by atoms with Gasteiger partial charge in [-0.2, -0.15) is 0 Å². The number of hydrogen-bond acceptors (Lipinski definition) is 4. The molecule has 0 atom stereocenters. The number of rotatable bonds is 7. The van der Waals surface area contributed by atoms with Crippen LogP contribution in [-0.2, 0) is 16.0 Å². The molecule has 0 spiro atoms. The van der Waals surface area contributed by atoms with Crippen LogP contribution in [-0.4, -0.2) is 50.3 Å². The van der Waals surface area contributed by atoms with Crippen LogP contribution in [0.15, 0.2) is 36.4 Å². The molecule has 1 saturated heterocycles. The maximum Gasteiger partial charge on any atom is 0.257 e. The number of hydrogen-bond donors (Lipinski definition) is 2. The smallest absolute Gasteiger partial charge is 0.257 e. The summed E-state index contributed by atoms with van der Waals surface area (Å²) < 4.78 is 25.2. The van der Waals surface area contributed by atoms with Crippen LogP contribution < -0.4 is 15.0 Å². The quantitative estimate of drug-likeness (QED) is 0.608. The topological polar surface area (TPSA) is 66.6 Å². The van der Waals surface area contributed by atoms with Gasteiger partial charge in [0.05, 0.1) is 18.7 Å². The van der Waals surface area contributed by atoms with Crippen molar-refractivity contribution in [2.45, 2.75) is 20.3 Å². The summed E-state index contributed by atoms with van der Waals surface area (Å²) in [5.74, 6) is 0.224. The predicted octanol–water partition coefficient (Wildman–Crippen LogP) is 3.50. The van der Waals surface area contributed by atoms with Crippen molar-refractivity contribution in [2.24, 2.45) is 0 Å². The third-order valence-electron chi connectivity index (χ3n) is 5.69. The van der Waals surface area contributed by atoms with Crippen molar-refractivity contribution in [1.29, 1.82) is 0 Å². The number of morpholine rings is 1. The Labute approximate surface area is 181 Å². The second-order valence-electron chi connectivity index (χ2n) is 7.83. The Bertz CT molecular complexity index is 1070. The van der Waals surface area contributed by atoms with Crippen molar-refractivity contribution in [1.82, 2.24) is 10.3 Å². The number of carbonyl (C=O) groups excluding carboxylic acids is 1. The van der Waals surface area contributed by atoms with Gasteiger partial charge in [0, 0.05) is 42.5 Å². The largest absolute Gasteiger partial charge is 0.484 e. The monoisotopic (exact) mass is 425 g/mol. The molecule has 0 unspecified atom stereocenters. The summed E-state index contributed by atoms with van der Waals surface area (Å²) in [6, 6.07) is 11.0. The van der Waals surface area contributed by atoms with Gasteiger partial charge < -0.3 is 24.7 Å². The van der Waals surface area contributed by atoms with Gasteiger partial charge in [-0.25, -0.2) is 4.39 Å². The summed E-state index contributed by atoms with van der Waals surface area (Å²) in [5.41, 5.74) is 4.58. The molecule has 164 valence electrons. The standard InChI is InChI=1S/C24H28FN3O3/c1-16-6-7-21(25)24-23(16)20(17(2)27-24)8-9-26-22(29)15-31-19-5-3-4-18(14-19)28-10-12-30-13-11-28/h3-7,14,27H,8-13,15H2,1-2H3,(H,26,29). The fourth-order valence-corrected chi connectivity index (χ4v) is 4.07. The number of amides is 1. The zero-order valence-corrected chi connectivity index (χ0v) is 18.0. The Hall–Kier alpha value is -3.06. The molecule has 0 saturated carbocycles. The van der Waals surface area contributed by atoms with Crippen LogP contribution in [0.25, 0.3) is 10.9 Å². The van der Waals surface area contributed by atoms with E-state index in [1.165, 1.54) is 6.07 Å². The minimum absolute atomic E-state index is 0.0485. The summed E-state index contributed by atoms with van der Waals surface area (Å²) in [6.07, 6.45) is 0.619. The first-order chi connectivity index (χ1) is 15.0. The number of anilines is 1. The van der Waals surface area contributed by atoms with Gasteiger partial charge in [0.15, 0.2) is 6.61 Å². The molecule has 1 aliphatic heterocycles. The number of fused-ring (bicyclic) bond motifs is 1. The fourth-order valence-electron chi connectivity index (χ4n) is 4.07. The Morgan fingerprint density at radius 2 is 2.03 bits per heavy atom. The Morgan fingerprint density at radius 1 is 1.23 bits per heavy atom. The number of aromatic amines is 1. The summed E-state index contributed by atoms with van der Waals surface area (Å²) >= 11 is 0. The molecule has 1 aromatic heterocycles. The SMILES string of the molecule is Cc1[nH]c2c(F)ccc(C)c2c1CCNC(=O)COc1cccc(N2CCOCC2)c1. The second-order valence-corrected chi connectivity index (χ2v) is 7.83. The van der Waals surface area contributed by atoms with Crippen molar-refractivity contribution >= 4 is 22.5 Å². The minimum atomic E-state index is -0.258. The molecule has 31 heavy (non-hydrogen) atoms. The van der Waals surface area contributed by atoms with E-state index in [-0.39, 0.29) is 18.3 Å². The first-order valence-electron chi connectivity index (χ1n) is 10.6.